The predicted octanol–water partition coefficient (Wildman–Crippen LogP) is 0.462. The van der Waals surface area contributed by atoms with Crippen LogP contribution in [0, 0.1) is 0 Å². The van der Waals surface area contributed by atoms with Gasteiger partial charge in [-0.1, -0.05) is 6.92 Å². The molecule has 0 atom stereocenters. The Morgan fingerprint density at radius 3 is 2.75 bits per heavy atom. The Balaban J connectivity index is 3.08. The van der Waals surface area contributed by atoms with Gasteiger partial charge in [-0.05, 0) is 19.4 Å². The second kappa shape index (κ2) is 8.46. The lowest BCUT2D eigenvalue weighted by molar-refractivity contribution is -0.120. The Hall–Kier alpha value is -0.640. The van der Waals surface area contributed by atoms with Gasteiger partial charge in [0.1, 0.15) is 0 Å². The summed E-state index contributed by atoms with van der Waals surface area (Å²) in [6.45, 7) is 3.24. The maximum absolute atomic E-state index is 11.6. The molecule has 0 fully saturated rings. The van der Waals surface area contributed by atoms with Crippen LogP contribution in [0.1, 0.15) is 19.8 Å². The molecule has 0 unspecified atom stereocenters. The highest BCUT2D eigenvalue weighted by Gasteiger charge is 1.97. The zero-order valence-electron chi connectivity index (χ0n) is 7.53. The van der Waals surface area contributed by atoms with E-state index in [1.54, 1.807) is 0 Å². The van der Waals surface area contributed by atoms with Gasteiger partial charge >= 0.3 is 0 Å². The number of hydrogen-bond donors (Lipinski definition) is 2. The summed E-state index contributed by atoms with van der Waals surface area (Å²) in [5.74, 6) is -0.0179. The number of halogens is 1. The highest BCUT2D eigenvalue weighted by molar-refractivity contribution is 5.77. The molecule has 0 bridgehead atoms. The molecule has 0 spiro atoms. The van der Waals surface area contributed by atoms with Gasteiger partial charge in [-0.15, -0.1) is 0 Å². The van der Waals surface area contributed by atoms with Crippen molar-refractivity contribution in [2.45, 2.75) is 19.8 Å². The molecule has 0 aliphatic rings. The van der Waals surface area contributed by atoms with E-state index < -0.39 is 0 Å². The minimum absolute atomic E-state index is 0.0179. The van der Waals surface area contributed by atoms with E-state index in [1.165, 1.54) is 0 Å². The Morgan fingerprint density at radius 1 is 1.42 bits per heavy atom. The van der Waals surface area contributed by atoms with Gasteiger partial charge in [0.15, 0.2) is 0 Å². The summed E-state index contributed by atoms with van der Waals surface area (Å²) in [4.78, 5) is 10.9. The fourth-order valence-electron chi connectivity index (χ4n) is 0.721. The largest absolute Gasteiger partial charge is 0.355 e. The summed E-state index contributed by atoms with van der Waals surface area (Å²) in [5.41, 5.74) is 0. The molecule has 0 aromatic carbocycles. The maximum Gasteiger partial charge on any atom is 0.233 e. The zero-order chi connectivity index (χ0) is 9.23. The summed E-state index contributed by atoms with van der Waals surface area (Å²) in [7, 11) is 0. The first kappa shape index (κ1) is 11.4. The Bertz CT molecular complexity index is 120. The molecule has 0 heterocycles. The first-order valence-electron chi connectivity index (χ1n) is 4.34. The minimum Gasteiger partial charge on any atom is -0.355 e. The number of carbonyl (C=O) groups excluding carboxylic acids is 1. The first-order valence-corrected chi connectivity index (χ1v) is 4.34. The van der Waals surface area contributed by atoms with Crippen LogP contribution < -0.4 is 10.6 Å². The molecule has 0 aliphatic heterocycles. The summed E-state index contributed by atoms with van der Waals surface area (Å²) in [6, 6.07) is 0. The monoisotopic (exact) mass is 176 g/mol. The average molecular weight is 176 g/mol. The molecule has 2 N–H and O–H groups in total. The van der Waals surface area contributed by atoms with Crippen molar-refractivity contribution in [3.05, 3.63) is 0 Å². The maximum atomic E-state index is 11.6. The van der Waals surface area contributed by atoms with Gasteiger partial charge in [-0.2, -0.15) is 0 Å². The van der Waals surface area contributed by atoms with Crippen LogP contribution in [0.3, 0.4) is 0 Å². The van der Waals surface area contributed by atoms with Crippen LogP contribution in [-0.4, -0.2) is 32.2 Å². The summed E-state index contributed by atoms with van der Waals surface area (Å²) in [6.07, 6.45) is 1.41. The Morgan fingerprint density at radius 2 is 2.17 bits per heavy atom. The van der Waals surface area contributed by atoms with Crippen LogP contribution in [0.5, 0.6) is 0 Å². The smallest absolute Gasteiger partial charge is 0.233 e. The molecule has 0 aliphatic carbocycles. The molecule has 0 saturated carbocycles. The second-order valence-electron chi connectivity index (χ2n) is 2.57. The molecule has 4 heteroatoms. The summed E-state index contributed by atoms with van der Waals surface area (Å²) >= 11 is 0. The van der Waals surface area contributed by atoms with Gasteiger partial charge in [0.2, 0.25) is 5.91 Å². The third-order valence-electron chi connectivity index (χ3n) is 1.34. The van der Waals surface area contributed by atoms with Crippen LogP contribution in [0.15, 0.2) is 0 Å². The molecule has 0 saturated heterocycles. The van der Waals surface area contributed by atoms with Crippen LogP contribution in [0.2, 0.25) is 0 Å². The van der Waals surface area contributed by atoms with E-state index >= 15 is 0 Å². The molecular weight excluding hydrogens is 159 g/mol. The molecule has 0 rings (SSSR count). The summed E-state index contributed by atoms with van der Waals surface area (Å²) in [5, 5.41) is 5.56. The van der Waals surface area contributed by atoms with E-state index in [-0.39, 0.29) is 12.6 Å². The Kier molecular flexibility index (Phi) is 8.01. The number of carbonyl (C=O) groups is 1. The van der Waals surface area contributed by atoms with Crippen LogP contribution in [0.25, 0.3) is 0 Å². The second-order valence-corrected chi connectivity index (χ2v) is 2.57. The van der Waals surface area contributed by atoms with Gasteiger partial charge in [0.25, 0.3) is 0 Å². The van der Waals surface area contributed by atoms with E-state index in [0.29, 0.717) is 26.1 Å². The molecule has 12 heavy (non-hydrogen) atoms. The average Bonchev–Trinajstić information content (AvgIpc) is 2.09. The van der Waals surface area contributed by atoms with E-state index in [9.17, 15) is 9.18 Å². The number of alkyl halides is 1. The van der Waals surface area contributed by atoms with E-state index in [4.69, 9.17) is 0 Å². The SMILES string of the molecule is CCCNC(=O)CNCCCF. The van der Waals surface area contributed by atoms with Crippen LogP contribution >= 0.6 is 0 Å². The topological polar surface area (TPSA) is 41.1 Å². The third kappa shape index (κ3) is 7.47. The van der Waals surface area contributed by atoms with Crippen molar-refractivity contribution in [2.75, 3.05) is 26.3 Å². The Labute approximate surface area is 72.7 Å². The van der Waals surface area contributed by atoms with Crippen molar-refractivity contribution in [3.63, 3.8) is 0 Å². The number of nitrogens with one attached hydrogen (secondary N) is 2. The van der Waals surface area contributed by atoms with E-state index in [0.717, 1.165) is 6.42 Å². The van der Waals surface area contributed by atoms with Crippen molar-refractivity contribution in [2.24, 2.45) is 0 Å². The number of amides is 1. The van der Waals surface area contributed by atoms with E-state index in [1.807, 2.05) is 6.92 Å². The molecule has 1 amide bonds. The predicted molar refractivity (Wildman–Crippen MR) is 46.8 cm³/mol. The van der Waals surface area contributed by atoms with Crippen molar-refractivity contribution >= 4 is 5.91 Å². The normalized spacial score (nSPS) is 9.83. The summed E-state index contributed by atoms with van der Waals surface area (Å²) < 4.78 is 11.6. The molecule has 72 valence electrons. The van der Waals surface area contributed by atoms with Gasteiger partial charge in [-0.25, -0.2) is 0 Å². The van der Waals surface area contributed by atoms with Gasteiger partial charge < -0.3 is 10.6 Å². The van der Waals surface area contributed by atoms with Gasteiger partial charge in [0.05, 0.1) is 13.2 Å². The van der Waals surface area contributed by atoms with Crippen molar-refractivity contribution in [1.82, 2.24) is 10.6 Å². The van der Waals surface area contributed by atoms with Crippen LogP contribution in [-0.2, 0) is 4.79 Å². The fourth-order valence-corrected chi connectivity index (χ4v) is 0.721. The fraction of sp³-hybridized carbons (Fsp3) is 0.875. The lowest BCUT2D eigenvalue weighted by atomic mass is 10.4. The first-order chi connectivity index (χ1) is 5.81. The molecular formula is C8H17FN2O. The zero-order valence-corrected chi connectivity index (χ0v) is 7.53. The molecule has 0 aromatic rings. The minimum atomic E-state index is -0.330. The highest BCUT2D eigenvalue weighted by atomic mass is 19.1. The van der Waals surface area contributed by atoms with Gasteiger partial charge in [0, 0.05) is 6.54 Å². The van der Waals surface area contributed by atoms with Crippen LogP contribution in [0.4, 0.5) is 4.39 Å². The van der Waals surface area contributed by atoms with E-state index in [2.05, 4.69) is 10.6 Å². The highest BCUT2D eigenvalue weighted by Crippen LogP contribution is 1.76. The third-order valence-corrected chi connectivity index (χ3v) is 1.34. The lowest BCUT2D eigenvalue weighted by Gasteiger charge is -2.03. The standard InChI is InChI=1S/C8H17FN2O/c1-2-5-11-8(12)7-10-6-3-4-9/h10H,2-7H2,1H3,(H,11,12). The molecule has 0 aromatic heterocycles. The number of rotatable bonds is 7. The van der Waals surface area contributed by atoms with Gasteiger partial charge in [-0.3, -0.25) is 9.18 Å². The van der Waals surface area contributed by atoms with Crippen molar-refractivity contribution in [1.29, 1.82) is 0 Å². The number of hydrogen-bond acceptors (Lipinski definition) is 2. The van der Waals surface area contributed by atoms with Crippen molar-refractivity contribution < 1.29 is 9.18 Å². The lowest BCUT2D eigenvalue weighted by Crippen LogP contribution is -2.34. The molecule has 0 radical (unpaired) electrons. The molecule has 3 nitrogen and oxygen atoms in total. The quantitative estimate of drug-likeness (QED) is 0.553. The van der Waals surface area contributed by atoms with Crippen molar-refractivity contribution in [3.8, 4) is 0 Å².